The van der Waals surface area contributed by atoms with Gasteiger partial charge in [0.1, 0.15) is 5.82 Å². The van der Waals surface area contributed by atoms with E-state index in [1.807, 2.05) is 6.07 Å². The minimum Gasteiger partial charge on any atom is -0.373 e. The first-order valence-electron chi connectivity index (χ1n) is 7.30. The van der Waals surface area contributed by atoms with E-state index in [0.29, 0.717) is 5.92 Å². The van der Waals surface area contributed by atoms with Crippen LogP contribution < -0.4 is 0 Å². The number of rotatable bonds is 0. The predicted octanol–water partition coefficient (Wildman–Crippen LogP) is 4.37. The van der Waals surface area contributed by atoms with Crippen LogP contribution in [0.1, 0.15) is 47.1 Å². The molecule has 2 aliphatic rings. The molecule has 0 aromatic heterocycles. The Balaban J connectivity index is 1.92. The Hall–Kier alpha value is -1.67. The lowest BCUT2D eigenvalue weighted by Gasteiger charge is -2.32. The average Bonchev–Trinajstić information content (AvgIpc) is 2.62. The molecule has 1 nitrogen and oxygen atoms in total. The Morgan fingerprint density at radius 2 is 1.85 bits per heavy atom. The summed E-state index contributed by atoms with van der Waals surface area (Å²) < 4.78 is 19.7. The molecule has 1 heterocycles. The topological polar surface area (TPSA) is 9.23 Å². The summed E-state index contributed by atoms with van der Waals surface area (Å²) in [6.45, 7) is 0.777. The Labute approximate surface area is 118 Å². The number of fused-ring (bicyclic) bond motifs is 5. The fourth-order valence-corrected chi connectivity index (χ4v) is 3.66. The van der Waals surface area contributed by atoms with Gasteiger partial charge >= 0.3 is 0 Å². The van der Waals surface area contributed by atoms with E-state index in [4.69, 9.17) is 4.74 Å². The predicted molar refractivity (Wildman–Crippen MR) is 76.3 cm³/mol. The van der Waals surface area contributed by atoms with Gasteiger partial charge in [-0.3, -0.25) is 0 Å². The van der Waals surface area contributed by atoms with E-state index < -0.39 is 0 Å². The molecule has 0 N–H and O–H groups in total. The molecule has 0 amide bonds. The standard InChI is InChI=1S/C18H17FO/c19-14-8-7-13-10-12-4-1-2-5-15(12)16-6-3-9-20-18(16)17(13)11-14/h1-2,4-5,7-8,11,16,18H,3,6,9-10H2/t16-,18-/m1/s1. The van der Waals surface area contributed by atoms with E-state index >= 15 is 0 Å². The fourth-order valence-electron chi connectivity index (χ4n) is 3.66. The van der Waals surface area contributed by atoms with E-state index in [1.54, 1.807) is 12.1 Å². The molecule has 1 aliphatic heterocycles. The number of benzene rings is 2. The minimum absolute atomic E-state index is 0.0121. The Morgan fingerprint density at radius 1 is 1.00 bits per heavy atom. The summed E-state index contributed by atoms with van der Waals surface area (Å²) in [6, 6.07) is 13.7. The third kappa shape index (κ3) is 1.87. The maximum atomic E-state index is 13.7. The van der Waals surface area contributed by atoms with Crippen molar-refractivity contribution in [1.29, 1.82) is 0 Å². The quantitative estimate of drug-likeness (QED) is 0.689. The Bertz CT molecular complexity index is 650. The summed E-state index contributed by atoms with van der Waals surface area (Å²) in [5, 5.41) is 0. The molecular formula is C18H17FO. The Kier molecular flexibility index (Phi) is 2.85. The highest BCUT2D eigenvalue weighted by Gasteiger charge is 2.34. The van der Waals surface area contributed by atoms with Gasteiger partial charge in [0.25, 0.3) is 0 Å². The van der Waals surface area contributed by atoms with Crippen LogP contribution in [0, 0.1) is 5.82 Å². The number of halogens is 1. The smallest absolute Gasteiger partial charge is 0.123 e. The maximum Gasteiger partial charge on any atom is 0.123 e. The summed E-state index contributed by atoms with van der Waals surface area (Å²) in [6.07, 6.45) is 3.10. The first kappa shape index (κ1) is 12.1. The van der Waals surface area contributed by atoms with Crippen LogP contribution in [0.3, 0.4) is 0 Å². The van der Waals surface area contributed by atoms with Crippen molar-refractivity contribution >= 4 is 0 Å². The van der Waals surface area contributed by atoms with Crippen LogP contribution in [-0.2, 0) is 11.2 Å². The van der Waals surface area contributed by atoms with Crippen LogP contribution in [-0.4, -0.2) is 6.61 Å². The molecular weight excluding hydrogens is 251 g/mol. The third-order valence-electron chi connectivity index (χ3n) is 4.57. The Morgan fingerprint density at radius 3 is 2.80 bits per heavy atom. The summed E-state index contributed by atoms with van der Waals surface area (Å²) in [4.78, 5) is 0. The highest BCUT2D eigenvalue weighted by atomic mass is 19.1. The summed E-state index contributed by atoms with van der Waals surface area (Å²) in [5.74, 6) is 0.200. The van der Waals surface area contributed by atoms with E-state index in [1.165, 1.54) is 16.7 Å². The van der Waals surface area contributed by atoms with Crippen molar-refractivity contribution in [3.05, 3.63) is 70.5 Å². The molecule has 2 heteroatoms. The molecule has 2 aromatic rings. The largest absolute Gasteiger partial charge is 0.373 e. The monoisotopic (exact) mass is 268 g/mol. The molecule has 2 aromatic carbocycles. The van der Waals surface area contributed by atoms with E-state index in [9.17, 15) is 4.39 Å². The van der Waals surface area contributed by atoms with Crippen molar-refractivity contribution in [3.63, 3.8) is 0 Å². The van der Waals surface area contributed by atoms with Crippen molar-refractivity contribution < 1.29 is 9.13 Å². The van der Waals surface area contributed by atoms with Gasteiger partial charge in [0.2, 0.25) is 0 Å². The maximum absolute atomic E-state index is 13.7. The molecule has 0 bridgehead atoms. The number of hydrogen-bond acceptors (Lipinski definition) is 1. The van der Waals surface area contributed by atoms with E-state index in [2.05, 4.69) is 24.3 Å². The minimum atomic E-state index is -0.164. The molecule has 1 fully saturated rings. The first-order valence-corrected chi connectivity index (χ1v) is 7.30. The van der Waals surface area contributed by atoms with Gasteiger partial charge in [-0.25, -0.2) is 4.39 Å². The second-order valence-electron chi connectivity index (χ2n) is 5.76. The van der Waals surface area contributed by atoms with Crippen LogP contribution in [0.5, 0.6) is 0 Å². The average molecular weight is 268 g/mol. The zero-order valence-corrected chi connectivity index (χ0v) is 11.3. The summed E-state index contributed by atoms with van der Waals surface area (Å²) >= 11 is 0. The SMILES string of the molecule is Fc1ccc2c(c1)[C@@H]1OCCC[C@@H]1c1ccccc1C2. The molecule has 0 unspecified atom stereocenters. The highest BCUT2D eigenvalue weighted by Crippen LogP contribution is 2.46. The molecule has 2 atom stereocenters. The molecule has 0 spiro atoms. The van der Waals surface area contributed by atoms with Gasteiger partial charge < -0.3 is 4.74 Å². The van der Waals surface area contributed by atoms with E-state index in [-0.39, 0.29) is 11.9 Å². The number of ether oxygens (including phenoxy) is 1. The van der Waals surface area contributed by atoms with Crippen LogP contribution in [0.25, 0.3) is 0 Å². The van der Waals surface area contributed by atoms with Crippen molar-refractivity contribution in [2.45, 2.75) is 31.3 Å². The zero-order chi connectivity index (χ0) is 13.5. The lowest BCUT2D eigenvalue weighted by Crippen LogP contribution is -2.21. The van der Waals surface area contributed by atoms with Gasteiger partial charge in [-0.05, 0) is 53.6 Å². The van der Waals surface area contributed by atoms with Gasteiger partial charge in [0, 0.05) is 12.5 Å². The van der Waals surface area contributed by atoms with Gasteiger partial charge in [0.15, 0.2) is 0 Å². The van der Waals surface area contributed by atoms with Crippen LogP contribution in [0.2, 0.25) is 0 Å². The second-order valence-corrected chi connectivity index (χ2v) is 5.76. The zero-order valence-electron chi connectivity index (χ0n) is 11.3. The first-order chi connectivity index (χ1) is 9.83. The normalized spacial score (nSPS) is 24.2. The molecule has 4 rings (SSSR count). The lowest BCUT2D eigenvalue weighted by atomic mass is 9.84. The summed E-state index contributed by atoms with van der Waals surface area (Å²) in [7, 11) is 0. The van der Waals surface area contributed by atoms with E-state index in [0.717, 1.165) is 31.4 Å². The summed E-state index contributed by atoms with van der Waals surface area (Å²) in [5.41, 5.74) is 4.99. The van der Waals surface area contributed by atoms with Crippen molar-refractivity contribution in [3.8, 4) is 0 Å². The molecule has 102 valence electrons. The van der Waals surface area contributed by atoms with Gasteiger partial charge in [-0.2, -0.15) is 0 Å². The second kappa shape index (κ2) is 4.71. The van der Waals surface area contributed by atoms with Gasteiger partial charge in [-0.1, -0.05) is 30.3 Å². The van der Waals surface area contributed by atoms with Gasteiger partial charge in [-0.15, -0.1) is 0 Å². The van der Waals surface area contributed by atoms with Crippen molar-refractivity contribution in [2.24, 2.45) is 0 Å². The molecule has 0 radical (unpaired) electrons. The van der Waals surface area contributed by atoms with Crippen LogP contribution in [0.4, 0.5) is 4.39 Å². The molecule has 1 aliphatic carbocycles. The molecule has 20 heavy (non-hydrogen) atoms. The third-order valence-corrected chi connectivity index (χ3v) is 4.57. The van der Waals surface area contributed by atoms with Crippen molar-refractivity contribution in [1.82, 2.24) is 0 Å². The van der Waals surface area contributed by atoms with Crippen LogP contribution >= 0.6 is 0 Å². The van der Waals surface area contributed by atoms with Crippen LogP contribution in [0.15, 0.2) is 42.5 Å². The fraction of sp³-hybridized carbons (Fsp3) is 0.333. The number of hydrogen-bond donors (Lipinski definition) is 0. The molecule has 1 saturated heterocycles. The van der Waals surface area contributed by atoms with Crippen molar-refractivity contribution in [2.75, 3.05) is 6.61 Å². The molecule has 0 saturated carbocycles. The highest BCUT2D eigenvalue weighted by molar-refractivity contribution is 5.44. The van der Waals surface area contributed by atoms with Gasteiger partial charge in [0.05, 0.1) is 6.10 Å². The lowest BCUT2D eigenvalue weighted by molar-refractivity contribution is -0.00220.